The van der Waals surface area contributed by atoms with Gasteiger partial charge < -0.3 is 14.8 Å². The maximum absolute atomic E-state index is 12.7. The number of hydrogen-bond acceptors (Lipinski definition) is 5. The summed E-state index contributed by atoms with van der Waals surface area (Å²) in [5.74, 6) is 0.146. The third kappa shape index (κ3) is 6.20. The molecule has 1 N–H and O–H groups in total. The van der Waals surface area contributed by atoms with Gasteiger partial charge in [-0.2, -0.15) is 0 Å². The minimum atomic E-state index is -0.438. The number of carbonyl (C=O) groups is 2. The quantitative estimate of drug-likeness (QED) is 0.252. The van der Waals surface area contributed by atoms with E-state index in [1.165, 1.54) is 11.3 Å². The second-order valence-electron chi connectivity index (χ2n) is 7.37. The summed E-state index contributed by atoms with van der Waals surface area (Å²) in [6, 6.07) is 13.8. The molecule has 0 aliphatic rings. The second kappa shape index (κ2) is 11.3. The molecular weight excluding hydrogens is 490 g/mol. The van der Waals surface area contributed by atoms with Crippen LogP contribution in [0.5, 0.6) is 5.75 Å². The second-order valence-corrected chi connectivity index (χ2v) is 9.11. The van der Waals surface area contributed by atoms with E-state index in [1.54, 1.807) is 6.92 Å². The smallest absolute Gasteiger partial charge is 0.341 e. The van der Waals surface area contributed by atoms with E-state index >= 15 is 0 Å². The molecule has 0 saturated carbocycles. The molecule has 0 aliphatic heterocycles. The first-order valence-corrected chi connectivity index (χ1v) is 12.1. The molecular formula is C25H26BrNO4S. The highest BCUT2D eigenvalue weighted by Gasteiger charge is 2.22. The van der Waals surface area contributed by atoms with Crippen LogP contribution >= 0.6 is 27.3 Å². The molecule has 7 heteroatoms. The molecule has 0 saturated heterocycles. The van der Waals surface area contributed by atoms with Gasteiger partial charge in [-0.15, -0.1) is 11.3 Å². The summed E-state index contributed by atoms with van der Waals surface area (Å²) in [6.45, 7) is 6.47. The topological polar surface area (TPSA) is 64.6 Å². The van der Waals surface area contributed by atoms with Crippen molar-refractivity contribution in [2.75, 3.05) is 18.5 Å². The van der Waals surface area contributed by atoms with Crippen molar-refractivity contribution >= 4 is 44.1 Å². The Hall–Kier alpha value is -2.64. The van der Waals surface area contributed by atoms with Crippen molar-refractivity contribution in [3.8, 4) is 16.9 Å². The fraction of sp³-hybridized carbons (Fsp3) is 0.280. The average Bonchev–Trinajstić information content (AvgIpc) is 3.16. The van der Waals surface area contributed by atoms with Gasteiger partial charge in [-0.1, -0.05) is 35.9 Å². The van der Waals surface area contributed by atoms with Crippen molar-refractivity contribution in [2.45, 2.75) is 33.6 Å². The first-order chi connectivity index (χ1) is 15.4. The van der Waals surface area contributed by atoms with Crippen molar-refractivity contribution in [3.63, 3.8) is 0 Å². The molecule has 1 amide bonds. The van der Waals surface area contributed by atoms with Crippen LogP contribution in [0.3, 0.4) is 0 Å². The molecule has 32 heavy (non-hydrogen) atoms. The van der Waals surface area contributed by atoms with Crippen LogP contribution in [0.2, 0.25) is 0 Å². The van der Waals surface area contributed by atoms with E-state index in [0.717, 1.165) is 32.5 Å². The number of rotatable bonds is 9. The first-order valence-electron chi connectivity index (χ1n) is 10.4. The van der Waals surface area contributed by atoms with Gasteiger partial charge >= 0.3 is 5.97 Å². The fourth-order valence-corrected chi connectivity index (χ4v) is 4.71. The van der Waals surface area contributed by atoms with Gasteiger partial charge in [0.1, 0.15) is 16.3 Å². The number of carbonyl (C=O) groups excluding carboxylic acids is 2. The van der Waals surface area contributed by atoms with Gasteiger partial charge in [0, 0.05) is 17.4 Å². The number of halogens is 1. The van der Waals surface area contributed by atoms with E-state index in [-0.39, 0.29) is 18.9 Å². The molecule has 0 spiro atoms. The fourth-order valence-electron chi connectivity index (χ4n) is 3.13. The minimum Gasteiger partial charge on any atom is -0.492 e. The molecule has 0 aliphatic carbocycles. The highest BCUT2D eigenvalue weighted by molar-refractivity contribution is 9.10. The Bertz CT molecular complexity index is 1090. The standard InChI is InChI=1S/C25H26BrNO4S/c1-4-30-25(29)23-19(18-10-7-16(2)8-11-18)15-32-24(23)27-22(28)6-5-13-31-21-12-9-17(3)14-20(21)26/h7-12,14-15H,4-6,13H2,1-3H3,(H,27,28). The number of esters is 1. The van der Waals surface area contributed by atoms with Gasteiger partial charge in [0.25, 0.3) is 0 Å². The molecule has 1 aromatic heterocycles. The maximum atomic E-state index is 12.7. The molecule has 3 aromatic rings. The highest BCUT2D eigenvalue weighted by Crippen LogP contribution is 2.36. The third-order valence-corrected chi connectivity index (χ3v) is 6.29. The Morgan fingerprint density at radius 2 is 1.78 bits per heavy atom. The SMILES string of the molecule is CCOC(=O)c1c(-c2ccc(C)cc2)csc1NC(=O)CCCOc1ccc(C)cc1Br. The Kier molecular flexibility index (Phi) is 8.47. The number of benzene rings is 2. The van der Waals surface area contributed by atoms with Gasteiger partial charge in [0.15, 0.2) is 0 Å². The Morgan fingerprint density at radius 1 is 1.06 bits per heavy atom. The van der Waals surface area contributed by atoms with Gasteiger partial charge in [-0.3, -0.25) is 4.79 Å². The van der Waals surface area contributed by atoms with Crippen molar-refractivity contribution in [3.05, 3.63) is 69.0 Å². The molecule has 2 aromatic carbocycles. The zero-order valence-electron chi connectivity index (χ0n) is 18.4. The molecule has 0 radical (unpaired) electrons. The number of ether oxygens (including phenoxy) is 2. The van der Waals surface area contributed by atoms with Crippen LogP contribution in [0, 0.1) is 13.8 Å². The first kappa shape index (κ1) is 24.0. The van der Waals surface area contributed by atoms with E-state index in [9.17, 15) is 9.59 Å². The molecule has 168 valence electrons. The van der Waals surface area contributed by atoms with Crippen LogP contribution in [0.15, 0.2) is 52.3 Å². The van der Waals surface area contributed by atoms with Crippen LogP contribution in [0.25, 0.3) is 11.1 Å². The van der Waals surface area contributed by atoms with Gasteiger partial charge in [-0.05, 0) is 66.4 Å². The Balaban J connectivity index is 1.64. The highest BCUT2D eigenvalue weighted by atomic mass is 79.9. The van der Waals surface area contributed by atoms with Gasteiger partial charge in [0.05, 0.1) is 17.7 Å². The number of aryl methyl sites for hydroxylation is 2. The van der Waals surface area contributed by atoms with Gasteiger partial charge in [-0.25, -0.2) is 4.79 Å². The normalized spacial score (nSPS) is 10.6. The number of nitrogens with one attached hydrogen (secondary N) is 1. The maximum Gasteiger partial charge on any atom is 0.341 e. The van der Waals surface area contributed by atoms with Crippen LogP contribution in [0.1, 0.15) is 41.3 Å². The van der Waals surface area contributed by atoms with E-state index in [1.807, 2.05) is 61.7 Å². The Labute approximate surface area is 200 Å². The van der Waals surface area contributed by atoms with Crippen molar-refractivity contribution < 1.29 is 19.1 Å². The third-order valence-electron chi connectivity index (χ3n) is 4.78. The molecule has 3 rings (SSSR count). The summed E-state index contributed by atoms with van der Waals surface area (Å²) in [4.78, 5) is 25.2. The summed E-state index contributed by atoms with van der Waals surface area (Å²) >= 11 is 4.81. The monoisotopic (exact) mass is 515 g/mol. The summed E-state index contributed by atoms with van der Waals surface area (Å²) in [5, 5.41) is 5.27. The van der Waals surface area contributed by atoms with Crippen LogP contribution in [0.4, 0.5) is 5.00 Å². The lowest BCUT2D eigenvalue weighted by molar-refractivity contribution is -0.116. The molecule has 0 fully saturated rings. The van der Waals surface area contributed by atoms with Crippen LogP contribution in [-0.2, 0) is 9.53 Å². The number of hydrogen-bond donors (Lipinski definition) is 1. The van der Waals surface area contributed by atoms with Crippen LogP contribution in [-0.4, -0.2) is 25.1 Å². The van der Waals surface area contributed by atoms with E-state index < -0.39 is 5.97 Å². The summed E-state index contributed by atoms with van der Waals surface area (Å²) in [7, 11) is 0. The zero-order chi connectivity index (χ0) is 23.1. The molecule has 0 unspecified atom stereocenters. The van der Waals surface area contributed by atoms with Crippen LogP contribution < -0.4 is 10.1 Å². The summed E-state index contributed by atoms with van der Waals surface area (Å²) in [6.07, 6.45) is 0.834. The molecule has 0 bridgehead atoms. The number of thiophene rings is 1. The van der Waals surface area contributed by atoms with E-state index in [2.05, 4.69) is 21.2 Å². The van der Waals surface area contributed by atoms with E-state index in [0.29, 0.717) is 23.6 Å². The minimum absolute atomic E-state index is 0.167. The lowest BCUT2D eigenvalue weighted by Gasteiger charge is -2.10. The predicted octanol–water partition coefficient (Wildman–Crippen LogP) is 6.77. The van der Waals surface area contributed by atoms with Gasteiger partial charge in [0.2, 0.25) is 5.91 Å². The lowest BCUT2D eigenvalue weighted by atomic mass is 10.0. The zero-order valence-corrected chi connectivity index (χ0v) is 20.8. The predicted molar refractivity (Wildman–Crippen MR) is 133 cm³/mol. The summed E-state index contributed by atoms with van der Waals surface area (Å²) < 4.78 is 11.9. The largest absolute Gasteiger partial charge is 0.492 e. The Morgan fingerprint density at radius 3 is 2.47 bits per heavy atom. The van der Waals surface area contributed by atoms with Crippen molar-refractivity contribution in [1.29, 1.82) is 0 Å². The lowest BCUT2D eigenvalue weighted by Crippen LogP contribution is -2.15. The van der Waals surface area contributed by atoms with Crippen molar-refractivity contribution in [2.24, 2.45) is 0 Å². The number of anilines is 1. The van der Waals surface area contributed by atoms with Crippen molar-refractivity contribution in [1.82, 2.24) is 0 Å². The van der Waals surface area contributed by atoms with E-state index in [4.69, 9.17) is 9.47 Å². The molecule has 5 nitrogen and oxygen atoms in total. The average molecular weight is 516 g/mol. The molecule has 1 heterocycles. The number of amides is 1. The molecule has 0 atom stereocenters. The summed E-state index contributed by atoms with van der Waals surface area (Å²) in [5.41, 5.74) is 4.34.